The van der Waals surface area contributed by atoms with Crippen LogP contribution in [0.25, 0.3) is 0 Å². The summed E-state index contributed by atoms with van der Waals surface area (Å²) in [5.41, 5.74) is 1.02. The van der Waals surface area contributed by atoms with E-state index in [1.807, 2.05) is 5.38 Å². The van der Waals surface area contributed by atoms with Crippen LogP contribution >= 0.6 is 11.3 Å². The van der Waals surface area contributed by atoms with Crippen LogP contribution < -0.4 is 0 Å². The van der Waals surface area contributed by atoms with Crippen molar-refractivity contribution >= 4 is 22.1 Å². The third kappa shape index (κ3) is 3.70. The highest BCUT2D eigenvalue weighted by atomic mass is 32.2. The van der Waals surface area contributed by atoms with Gasteiger partial charge in [-0.3, -0.25) is 4.21 Å². The molecule has 0 fully saturated rings. The fourth-order valence-corrected chi connectivity index (χ4v) is 3.80. The van der Waals surface area contributed by atoms with Gasteiger partial charge < -0.3 is 0 Å². The molecule has 1 aromatic carbocycles. The summed E-state index contributed by atoms with van der Waals surface area (Å²) in [5.74, 6) is 0.0665. The second-order valence-electron chi connectivity index (χ2n) is 5.32. The van der Waals surface area contributed by atoms with Gasteiger partial charge >= 0.3 is 0 Å². The van der Waals surface area contributed by atoms with Crippen LogP contribution in [-0.4, -0.2) is 9.19 Å². The summed E-state index contributed by atoms with van der Waals surface area (Å²) in [6.07, 6.45) is 0. The quantitative estimate of drug-likeness (QED) is 0.860. The van der Waals surface area contributed by atoms with Crippen molar-refractivity contribution in [1.29, 1.82) is 0 Å². The zero-order valence-electron chi connectivity index (χ0n) is 11.1. The molecule has 5 heteroatoms. The van der Waals surface area contributed by atoms with Gasteiger partial charge in [-0.2, -0.15) is 0 Å². The van der Waals surface area contributed by atoms with Gasteiger partial charge in [0.2, 0.25) is 0 Å². The molecule has 1 aromatic heterocycles. The minimum Gasteiger partial charge on any atom is -0.254 e. The Morgan fingerprint density at radius 2 is 1.89 bits per heavy atom. The van der Waals surface area contributed by atoms with E-state index in [9.17, 15) is 8.60 Å². The summed E-state index contributed by atoms with van der Waals surface area (Å²) in [7, 11) is -1.17. The molecule has 19 heavy (non-hydrogen) atoms. The standard InChI is InChI=1S/C14H16FNOS2/c1-14(2,3)12-8-18-13(16-12)9-19(17)11-6-4-10(15)5-7-11/h4-8H,9H2,1-3H3. The van der Waals surface area contributed by atoms with Crippen LogP contribution in [0.5, 0.6) is 0 Å². The van der Waals surface area contributed by atoms with Gasteiger partial charge in [0.05, 0.1) is 22.2 Å². The molecule has 0 radical (unpaired) electrons. The van der Waals surface area contributed by atoms with Crippen molar-refractivity contribution in [3.8, 4) is 0 Å². The maximum absolute atomic E-state index is 12.8. The van der Waals surface area contributed by atoms with Crippen molar-refractivity contribution in [2.75, 3.05) is 0 Å². The first-order valence-electron chi connectivity index (χ1n) is 5.95. The Labute approximate surface area is 119 Å². The molecule has 0 saturated heterocycles. The molecule has 0 spiro atoms. The normalized spacial score (nSPS) is 13.5. The molecular formula is C14H16FNOS2. The smallest absolute Gasteiger partial charge is 0.123 e. The number of rotatable bonds is 3. The first kappa shape index (κ1) is 14.3. The molecular weight excluding hydrogens is 281 g/mol. The van der Waals surface area contributed by atoms with Crippen LogP contribution in [-0.2, 0) is 22.0 Å². The Kier molecular flexibility index (Phi) is 4.16. The van der Waals surface area contributed by atoms with Gasteiger partial charge in [-0.25, -0.2) is 9.37 Å². The lowest BCUT2D eigenvalue weighted by Gasteiger charge is -2.14. The third-order valence-electron chi connectivity index (χ3n) is 2.65. The van der Waals surface area contributed by atoms with Gasteiger partial charge in [0.15, 0.2) is 0 Å². The highest BCUT2D eigenvalue weighted by molar-refractivity contribution is 7.84. The number of aromatic nitrogens is 1. The summed E-state index contributed by atoms with van der Waals surface area (Å²) in [4.78, 5) is 5.15. The van der Waals surface area contributed by atoms with Crippen LogP contribution in [0.3, 0.4) is 0 Å². The van der Waals surface area contributed by atoms with Gasteiger partial charge in [-0.05, 0) is 24.3 Å². The van der Waals surface area contributed by atoms with E-state index in [2.05, 4.69) is 25.8 Å². The molecule has 0 bridgehead atoms. The summed E-state index contributed by atoms with van der Waals surface area (Å²) in [6, 6.07) is 5.78. The van der Waals surface area contributed by atoms with Gasteiger partial charge in [0.1, 0.15) is 10.8 Å². The average Bonchev–Trinajstić information content (AvgIpc) is 2.78. The van der Waals surface area contributed by atoms with E-state index in [0.29, 0.717) is 10.6 Å². The third-order valence-corrected chi connectivity index (χ3v) is 5.02. The summed E-state index contributed by atoms with van der Waals surface area (Å²) in [6.45, 7) is 6.30. The van der Waals surface area contributed by atoms with Crippen molar-refractivity contribution in [3.63, 3.8) is 0 Å². The molecule has 1 unspecified atom stereocenters. The van der Waals surface area contributed by atoms with Crippen molar-refractivity contribution in [2.24, 2.45) is 0 Å². The molecule has 2 rings (SSSR count). The Morgan fingerprint density at radius 3 is 2.42 bits per heavy atom. The fourth-order valence-electron chi connectivity index (χ4n) is 1.50. The van der Waals surface area contributed by atoms with Crippen LogP contribution in [0.15, 0.2) is 34.5 Å². The number of hydrogen-bond acceptors (Lipinski definition) is 3. The van der Waals surface area contributed by atoms with E-state index in [-0.39, 0.29) is 11.2 Å². The minimum atomic E-state index is -1.17. The Bertz CT molecular complexity index is 584. The highest BCUT2D eigenvalue weighted by Crippen LogP contribution is 2.25. The summed E-state index contributed by atoms with van der Waals surface area (Å²) in [5, 5.41) is 2.87. The molecule has 0 saturated carbocycles. The van der Waals surface area contributed by atoms with E-state index < -0.39 is 10.8 Å². The Hall–Kier alpha value is -1.07. The van der Waals surface area contributed by atoms with Crippen molar-refractivity contribution in [1.82, 2.24) is 4.98 Å². The minimum absolute atomic E-state index is 0.00607. The van der Waals surface area contributed by atoms with E-state index in [4.69, 9.17) is 0 Å². The summed E-state index contributed by atoms with van der Waals surface area (Å²) < 4.78 is 24.9. The van der Waals surface area contributed by atoms with Crippen LogP contribution in [0.2, 0.25) is 0 Å². The molecule has 0 aliphatic heterocycles. The Morgan fingerprint density at radius 1 is 1.26 bits per heavy atom. The molecule has 0 aliphatic rings. The largest absolute Gasteiger partial charge is 0.254 e. The van der Waals surface area contributed by atoms with Gasteiger partial charge in [-0.15, -0.1) is 11.3 Å². The van der Waals surface area contributed by atoms with E-state index in [1.165, 1.54) is 23.5 Å². The molecule has 2 nitrogen and oxygen atoms in total. The average molecular weight is 297 g/mol. The SMILES string of the molecule is CC(C)(C)c1csc(CS(=O)c2ccc(F)cc2)n1. The first-order valence-corrected chi connectivity index (χ1v) is 8.15. The van der Waals surface area contributed by atoms with E-state index in [0.717, 1.165) is 10.7 Å². The zero-order valence-corrected chi connectivity index (χ0v) is 12.8. The first-order chi connectivity index (χ1) is 8.86. The number of thiazole rings is 1. The fraction of sp³-hybridized carbons (Fsp3) is 0.357. The molecule has 102 valence electrons. The maximum Gasteiger partial charge on any atom is 0.123 e. The van der Waals surface area contributed by atoms with E-state index in [1.54, 1.807) is 12.1 Å². The van der Waals surface area contributed by atoms with E-state index >= 15 is 0 Å². The number of benzene rings is 1. The van der Waals surface area contributed by atoms with Crippen molar-refractivity contribution in [3.05, 3.63) is 46.2 Å². The number of halogens is 1. The Balaban J connectivity index is 2.11. The van der Waals surface area contributed by atoms with Crippen LogP contribution in [0, 0.1) is 5.82 Å². The van der Waals surface area contributed by atoms with Crippen LogP contribution in [0.4, 0.5) is 4.39 Å². The van der Waals surface area contributed by atoms with Crippen LogP contribution in [0.1, 0.15) is 31.5 Å². The number of hydrogen-bond donors (Lipinski definition) is 0. The molecule has 1 heterocycles. The van der Waals surface area contributed by atoms with Gasteiger partial charge in [-0.1, -0.05) is 20.8 Å². The van der Waals surface area contributed by atoms with Crippen molar-refractivity contribution in [2.45, 2.75) is 36.8 Å². The number of nitrogens with zero attached hydrogens (tertiary/aromatic N) is 1. The second kappa shape index (κ2) is 5.51. The lowest BCUT2D eigenvalue weighted by molar-refractivity contribution is 0.571. The van der Waals surface area contributed by atoms with Gasteiger partial charge in [0.25, 0.3) is 0 Å². The van der Waals surface area contributed by atoms with Crippen molar-refractivity contribution < 1.29 is 8.60 Å². The lowest BCUT2D eigenvalue weighted by atomic mass is 9.93. The topological polar surface area (TPSA) is 30.0 Å². The second-order valence-corrected chi connectivity index (χ2v) is 7.71. The molecule has 2 aromatic rings. The molecule has 0 N–H and O–H groups in total. The van der Waals surface area contributed by atoms with Gasteiger partial charge in [0, 0.05) is 15.7 Å². The molecule has 1 atom stereocenters. The lowest BCUT2D eigenvalue weighted by Crippen LogP contribution is -2.11. The predicted octanol–water partition coefficient (Wildman–Crippen LogP) is 3.89. The predicted molar refractivity (Wildman–Crippen MR) is 77.3 cm³/mol. The summed E-state index contributed by atoms with van der Waals surface area (Å²) >= 11 is 1.52. The zero-order chi connectivity index (χ0) is 14.0. The monoisotopic (exact) mass is 297 g/mol. The molecule has 0 aliphatic carbocycles. The maximum atomic E-state index is 12.8. The molecule has 0 amide bonds. The highest BCUT2D eigenvalue weighted by Gasteiger charge is 2.18.